The maximum absolute atomic E-state index is 10.8. The zero-order valence-electron chi connectivity index (χ0n) is 29.6. The van der Waals surface area contributed by atoms with Crippen molar-refractivity contribution in [2.24, 2.45) is 0 Å². The fourth-order valence-electron chi connectivity index (χ4n) is 3.36. The third-order valence-electron chi connectivity index (χ3n) is 5.69. The van der Waals surface area contributed by atoms with Crippen LogP contribution >= 0.6 is 32.9 Å². The second kappa shape index (κ2) is 32.4. The van der Waals surface area contributed by atoms with Gasteiger partial charge < -0.3 is 36.1 Å². The first-order valence-electron chi connectivity index (χ1n) is 13.9. The van der Waals surface area contributed by atoms with Crippen molar-refractivity contribution < 1.29 is 139 Å². The van der Waals surface area contributed by atoms with E-state index in [0.29, 0.717) is 17.2 Å². The largest absolute Gasteiger partial charge is 1.00 e. The van der Waals surface area contributed by atoms with Crippen LogP contribution in [0, 0.1) is 0 Å². The first kappa shape index (κ1) is 52.1. The molecule has 0 saturated carbocycles. The Kier molecular flexibility index (Phi) is 32.4. The van der Waals surface area contributed by atoms with Gasteiger partial charge in [-0.1, -0.05) is 6.07 Å². The molecular formula is C33H33BBr2K2N6O8. The predicted octanol–water partition coefficient (Wildman–Crippen LogP) is -2.66. The summed E-state index contributed by atoms with van der Waals surface area (Å²) in [6, 6.07) is 21.6. The molecule has 6 heterocycles. The van der Waals surface area contributed by atoms with E-state index in [-0.39, 0.29) is 133 Å². The van der Waals surface area contributed by atoms with Gasteiger partial charge in [0.15, 0.2) is 0 Å². The second-order valence-electron chi connectivity index (χ2n) is 8.87. The third kappa shape index (κ3) is 22.2. The van der Waals surface area contributed by atoms with Crippen molar-refractivity contribution >= 4 is 52.0 Å². The van der Waals surface area contributed by atoms with Gasteiger partial charge in [-0.3, -0.25) is 24.5 Å². The van der Waals surface area contributed by atoms with Crippen molar-refractivity contribution in [3.63, 3.8) is 0 Å². The number of halogens is 2. The zero-order valence-corrected chi connectivity index (χ0v) is 38.2. The molecule has 0 amide bonds. The average Bonchev–Trinajstić information content (AvgIpc) is 3.17. The summed E-state index contributed by atoms with van der Waals surface area (Å²) in [7, 11) is 1.82. The molecule has 0 aliphatic heterocycles. The zero-order chi connectivity index (χ0) is 35.7. The predicted molar refractivity (Wildman–Crippen MR) is 195 cm³/mol. The van der Waals surface area contributed by atoms with Gasteiger partial charge in [-0.05, 0) is 81.1 Å². The molecule has 0 saturated heterocycles. The van der Waals surface area contributed by atoms with Crippen molar-refractivity contribution in [3.05, 3.63) is 143 Å². The summed E-state index contributed by atoms with van der Waals surface area (Å²) >= 11 is 3.26. The number of carbonyl (C=O) groups excluding carboxylic acids is 1. The monoisotopic (exact) mass is 888 g/mol. The average molecular weight is 890 g/mol. The summed E-state index contributed by atoms with van der Waals surface area (Å²) in [5.74, 6) is 1.26. The number of H-pyrrole nitrogens is 1. The number of hydrogen-bond donors (Lipinski definition) is 3. The van der Waals surface area contributed by atoms with E-state index < -0.39 is 7.12 Å². The van der Waals surface area contributed by atoms with Crippen molar-refractivity contribution in [2.75, 3.05) is 14.2 Å². The Labute approximate surface area is 406 Å². The molecule has 6 rings (SSSR count). The summed E-state index contributed by atoms with van der Waals surface area (Å²) in [5.41, 5.74) is 4.51. The molecule has 262 valence electrons. The smallest absolute Gasteiger partial charge is 1.00 e. The van der Waals surface area contributed by atoms with Crippen LogP contribution in [0.1, 0.15) is 1.43 Å². The minimum atomic E-state index is -1.38. The number of nitrogens with zero attached hydrogens (tertiary/aromatic N) is 5. The number of methoxy groups -OCH3 is 2. The number of aromatic amines is 1. The van der Waals surface area contributed by atoms with E-state index in [9.17, 15) is 4.79 Å². The van der Waals surface area contributed by atoms with E-state index in [4.69, 9.17) is 29.6 Å². The van der Waals surface area contributed by atoms with Crippen molar-refractivity contribution in [1.29, 1.82) is 0 Å². The number of carbonyl (C=O) groups is 1. The van der Waals surface area contributed by atoms with Crippen LogP contribution in [-0.4, -0.2) is 67.8 Å². The topological polar surface area (TPSA) is 206 Å². The van der Waals surface area contributed by atoms with E-state index >= 15 is 0 Å². The summed E-state index contributed by atoms with van der Waals surface area (Å²) in [6.45, 7) is -0.181. The first-order valence-corrected chi connectivity index (χ1v) is 14.7. The van der Waals surface area contributed by atoms with Crippen LogP contribution in [0.4, 0.5) is 0 Å². The standard InChI is InChI=1S/C11H10N2O.C10H8N2O.C6H6BrNO.C5H6BNO2.CH2O3.BrH.2K.H/c1-14-11-5-4-10(8-13-11)9-3-2-6-12-7-9;13-10-2-1-9(7-12-10)8-3-5-11-6-4-8;1-9-6-3-2-5(7)4-8-6;8-6(9)5-1-3-7-4-2-5;2-1-4-3;;;;/h2-8H,1H3;1-7H,(H,12,13);2-4H,1H3;1-4,8-9H;1,3H;1H;;;/q;;;;;;2*+1;-1/p-1. The SMILES string of the molecule is Br.COc1ccc(-c2cccnc2)cn1.COc1ccc(Br)cn1.O=CO[O-].O=c1ccc(-c2ccncc2)c[nH]1.OB(O)c1ccncc1.[H-].[K+].[K+]. The Morgan fingerprint density at radius 2 is 1.27 bits per heavy atom. The number of ether oxygens (including phenoxy) is 2. The molecule has 3 N–H and O–H groups in total. The van der Waals surface area contributed by atoms with Crippen molar-refractivity contribution in [3.8, 4) is 34.0 Å². The molecule has 0 unspecified atom stereocenters. The second-order valence-corrected chi connectivity index (χ2v) is 9.79. The summed E-state index contributed by atoms with van der Waals surface area (Å²) in [4.78, 5) is 44.4. The van der Waals surface area contributed by atoms with Gasteiger partial charge in [0.05, 0.1) is 14.2 Å². The van der Waals surface area contributed by atoms with Crippen LogP contribution in [0.25, 0.3) is 22.3 Å². The molecule has 14 nitrogen and oxygen atoms in total. The quantitative estimate of drug-likeness (QED) is 0.0677. The van der Waals surface area contributed by atoms with Crippen LogP contribution < -0.4 is 129 Å². The molecule has 0 aromatic carbocycles. The van der Waals surface area contributed by atoms with Gasteiger partial charge in [0, 0.05) is 89.6 Å². The molecule has 19 heteroatoms. The minimum absolute atomic E-state index is 0. The number of rotatable bonds is 6. The van der Waals surface area contributed by atoms with Gasteiger partial charge >= 0.3 is 110 Å². The van der Waals surface area contributed by atoms with E-state index in [0.717, 1.165) is 26.7 Å². The van der Waals surface area contributed by atoms with E-state index in [2.05, 4.69) is 50.7 Å². The molecule has 0 aliphatic rings. The fraction of sp³-hybridized carbons (Fsp3) is 0.0606. The normalized spacial score (nSPS) is 8.65. The Balaban J connectivity index is -0.000000602. The number of hydrogen-bond acceptors (Lipinski definition) is 13. The van der Waals surface area contributed by atoms with Crippen LogP contribution in [-0.2, 0) is 9.68 Å². The molecule has 0 fully saturated rings. The molecule has 0 bridgehead atoms. The van der Waals surface area contributed by atoms with Gasteiger partial charge in [-0.25, -0.2) is 9.97 Å². The maximum atomic E-state index is 10.8. The molecule has 0 aliphatic carbocycles. The van der Waals surface area contributed by atoms with Gasteiger partial charge in [-0.15, -0.1) is 17.0 Å². The van der Waals surface area contributed by atoms with E-state index in [1.165, 1.54) is 18.5 Å². The maximum Gasteiger partial charge on any atom is 1.00 e. The summed E-state index contributed by atoms with van der Waals surface area (Å²) < 4.78 is 10.8. The molecule has 0 spiro atoms. The van der Waals surface area contributed by atoms with Crippen LogP contribution in [0.2, 0.25) is 0 Å². The van der Waals surface area contributed by atoms with E-state index in [1.54, 1.807) is 75.7 Å². The molecule has 6 aromatic rings. The number of nitrogens with one attached hydrogen (secondary N) is 1. The summed E-state index contributed by atoms with van der Waals surface area (Å²) in [6.07, 6.45) is 15.2. The fourth-order valence-corrected chi connectivity index (χ4v) is 3.59. The molecule has 0 radical (unpaired) electrons. The van der Waals surface area contributed by atoms with E-state index in [1.807, 2.05) is 48.7 Å². The van der Waals surface area contributed by atoms with Crippen molar-refractivity contribution in [1.82, 2.24) is 29.9 Å². The molecule has 6 aromatic heterocycles. The van der Waals surface area contributed by atoms with Gasteiger partial charge in [0.2, 0.25) is 17.3 Å². The van der Waals surface area contributed by atoms with Gasteiger partial charge in [0.1, 0.15) is 0 Å². The summed E-state index contributed by atoms with van der Waals surface area (Å²) in [5, 5.41) is 25.5. The van der Waals surface area contributed by atoms with Crippen LogP contribution in [0.15, 0.2) is 138 Å². The van der Waals surface area contributed by atoms with Crippen LogP contribution in [0.3, 0.4) is 0 Å². The Morgan fingerprint density at radius 3 is 1.67 bits per heavy atom. The molecule has 52 heavy (non-hydrogen) atoms. The Bertz CT molecular complexity index is 1800. The number of aromatic nitrogens is 6. The first-order chi connectivity index (χ1) is 23.8. The number of pyridine rings is 6. The minimum Gasteiger partial charge on any atom is -1.00 e. The molecule has 0 atom stereocenters. The van der Waals surface area contributed by atoms with Gasteiger partial charge in [-0.2, -0.15) is 0 Å². The Morgan fingerprint density at radius 1 is 0.731 bits per heavy atom. The van der Waals surface area contributed by atoms with Crippen LogP contribution in [0.5, 0.6) is 11.8 Å². The van der Waals surface area contributed by atoms with Crippen molar-refractivity contribution in [2.45, 2.75) is 0 Å². The van der Waals surface area contributed by atoms with Gasteiger partial charge in [0.25, 0.3) is 6.47 Å². The molecular weight excluding hydrogens is 857 g/mol. The Hall–Kier alpha value is -2.05. The third-order valence-corrected chi connectivity index (χ3v) is 6.16.